The first-order chi connectivity index (χ1) is 5.26. The van der Waals surface area contributed by atoms with Crippen LogP contribution in [-0.4, -0.2) is 12.6 Å². The number of hydrogen-bond donors (Lipinski definition) is 1. The van der Waals surface area contributed by atoms with E-state index in [0.29, 0.717) is 0 Å². The Hall–Kier alpha value is -0.550. The first kappa shape index (κ1) is 7.12. The second-order valence-electron chi connectivity index (χ2n) is 4.09. The van der Waals surface area contributed by atoms with Crippen LogP contribution in [0.25, 0.3) is 0 Å². The number of nitrogens with zero attached hydrogens (tertiary/aromatic N) is 1. The van der Waals surface area contributed by atoms with Crippen molar-refractivity contribution in [3.63, 3.8) is 0 Å². The van der Waals surface area contributed by atoms with E-state index in [1.165, 1.54) is 6.42 Å². The zero-order chi connectivity index (χ0) is 7.90. The van der Waals surface area contributed by atoms with E-state index < -0.39 is 0 Å². The highest BCUT2D eigenvalue weighted by Gasteiger charge is 2.44. The van der Waals surface area contributed by atoms with Gasteiger partial charge in [-0.3, -0.25) is 0 Å². The Bertz CT molecular complexity index is 200. The Kier molecular flexibility index (Phi) is 1.43. The lowest BCUT2D eigenvalue weighted by atomic mass is 10.1. The minimum atomic E-state index is 0.0440. The van der Waals surface area contributed by atoms with Crippen LogP contribution < -0.4 is 5.32 Å². The molecule has 0 radical (unpaired) electrons. The fourth-order valence-corrected chi connectivity index (χ4v) is 1.41. The molecule has 2 atom stereocenters. The molecule has 0 bridgehead atoms. The van der Waals surface area contributed by atoms with Crippen LogP contribution in [0.15, 0.2) is 0 Å². The SMILES string of the molecule is CC1CC1NCC1(C#N)CC1. The third kappa shape index (κ3) is 1.39. The number of nitrogens with one attached hydrogen (secondary N) is 1. The molecule has 2 aliphatic carbocycles. The molecule has 2 rings (SSSR count). The van der Waals surface area contributed by atoms with Crippen molar-refractivity contribution >= 4 is 0 Å². The van der Waals surface area contributed by atoms with Crippen molar-refractivity contribution in [1.82, 2.24) is 5.32 Å². The zero-order valence-electron chi connectivity index (χ0n) is 6.93. The molecular formula is C9H14N2. The smallest absolute Gasteiger partial charge is 0.0703 e. The van der Waals surface area contributed by atoms with Crippen molar-refractivity contribution in [2.24, 2.45) is 11.3 Å². The van der Waals surface area contributed by atoms with Crippen LogP contribution in [0.1, 0.15) is 26.2 Å². The van der Waals surface area contributed by atoms with Crippen LogP contribution in [0.4, 0.5) is 0 Å². The lowest BCUT2D eigenvalue weighted by Gasteiger charge is -2.05. The summed E-state index contributed by atoms with van der Waals surface area (Å²) in [6.07, 6.45) is 3.52. The normalized spacial score (nSPS) is 37.8. The van der Waals surface area contributed by atoms with E-state index >= 15 is 0 Å². The highest BCUT2D eigenvalue weighted by Crippen LogP contribution is 2.44. The first-order valence-electron chi connectivity index (χ1n) is 4.40. The monoisotopic (exact) mass is 150 g/mol. The summed E-state index contributed by atoms with van der Waals surface area (Å²) in [5, 5.41) is 12.2. The van der Waals surface area contributed by atoms with Gasteiger partial charge >= 0.3 is 0 Å². The summed E-state index contributed by atoms with van der Waals surface area (Å²) >= 11 is 0. The molecule has 2 aliphatic rings. The molecule has 2 unspecified atom stereocenters. The van der Waals surface area contributed by atoms with Crippen LogP contribution in [0.3, 0.4) is 0 Å². The molecule has 0 saturated heterocycles. The molecule has 2 fully saturated rings. The summed E-state index contributed by atoms with van der Waals surface area (Å²) in [7, 11) is 0. The molecule has 1 N–H and O–H groups in total. The lowest BCUT2D eigenvalue weighted by molar-refractivity contribution is 0.542. The van der Waals surface area contributed by atoms with E-state index in [4.69, 9.17) is 5.26 Å². The molecule has 2 heteroatoms. The topological polar surface area (TPSA) is 35.8 Å². The lowest BCUT2D eigenvalue weighted by Crippen LogP contribution is -2.25. The maximum absolute atomic E-state index is 8.77. The molecule has 11 heavy (non-hydrogen) atoms. The third-order valence-electron chi connectivity index (χ3n) is 2.90. The number of nitriles is 1. The Morgan fingerprint density at radius 1 is 1.64 bits per heavy atom. The highest BCUT2D eigenvalue weighted by atomic mass is 15.0. The second-order valence-corrected chi connectivity index (χ2v) is 4.09. The van der Waals surface area contributed by atoms with Gasteiger partial charge in [0.15, 0.2) is 0 Å². The molecule has 60 valence electrons. The summed E-state index contributed by atoms with van der Waals surface area (Å²) in [4.78, 5) is 0. The van der Waals surface area contributed by atoms with Crippen LogP contribution in [-0.2, 0) is 0 Å². The van der Waals surface area contributed by atoms with Crippen molar-refractivity contribution in [1.29, 1.82) is 5.26 Å². The van der Waals surface area contributed by atoms with Gasteiger partial charge in [0.05, 0.1) is 11.5 Å². The van der Waals surface area contributed by atoms with E-state index in [1.807, 2.05) is 0 Å². The van der Waals surface area contributed by atoms with Crippen LogP contribution in [0.5, 0.6) is 0 Å². The van der Waals surface area contributed by atoms with Gasteiger partial charge in [0.2, 0.25) is 0 Å². The largest absolute Gasteiger partial charge is 0.312 e. The summed E-state index contributed by atoms with van der Waals surface area (Å²) in [6.45, 7) is 3.18. The van der Waals surface area contributed by atoms with Gasteiger partial charge in [0.25, 0.3) is 0 Å². The highest BCUT2D eigenvalue weighted by molar-refractivity contribution is 5.11. The maximum Gasteiger partial charge on any atom is 0.0703 e. The van der Waals surface area contributed by atoms with E-state index in [1.54, 1.807) is 0 Å². The summed E-state index contributed by atoms with van der Waals surface area (Å²) in [5.74, 6) is 0.851. The van der Waals surface area contributed by atoms with E-state index in [2.05, 4.69) is 18.3 Å². The van der Waals surface area contributed by atoms with Crippen LogP contribution >= 0.6 is 0 Å². The van der Waals surface area contributed by atoms with Crippen molar-refractivity contribution in [3.8, 4) is 6.07 Å². The van der Waals surface area contributed by atoms with Crippen molar-refractivity contribution < 1.29 is 0 Å². The summed E-state index contributed by atoms with van der Waals surface area (Å²) in [5.41, 5.74) is 0.0440. The zero-order valence-corrected chi connectivity index (χ0v) is 6.93. The molecule has 0 aromatic heterocycles. The Labute approximate surface area is 67.6 Å². The average molecular weight is 150 g/mol. The molecule has 0 spiro atoms. The van der Waals surface area contributed by atoms with Crippen LogP contribution in [0.2, 0.25) is 0 Å². The maximum atomic E-state index is 8.77. The minimum Gasteiger partial charge on any atom is -0.312 e. The van der Waals surface area contributed by atoms with Crippen LogP contribution in [0, 0.1) is 22.7 Å². The van der Waals surface area contributed by atoms with Gasteiger partial charge in [-0.15, -0.1) is 0 Å². The van der Waals surface area contributed by atoms with Gasteiger partial charge in [-0.25, -0.2) is 0 Å². The Morgan fingerprint density at radius 3 is 2.64 bits per heavy atom. The predicted octanol–water partition coefficient (Wildman–Crippen LogP) is 1.29. The average Bonchev–Trinajstić information content (AvgIpc) is 2.85. The predicted molar refractivity (Wildman–Crippen MR) is 42.9 cm³/mol. The number of hydrogen-bond acceptors (Lipinski definition) is 2. The fourth-order valence-electron chi connectivity index (χ4n) is 1.41. The quantitative estimate of drug-likeness (QED) is 0.658. The van der Waals surface area contributed by atoms with Gasteiger partial charge in [0, 0.05) is 12.6 Å². The van der Waals surface area contributed by atoms with Gasteiger partial charge in [-0.05, 0) is 25.2 Å². The van der Waals surface area contributed by atoms with Crippen molar-refractivity contribution in [2.45, 2.75) is 32.2 Å². The molecule has 0 aromatic rings. The molecule has 0 heterocycles. The summed E-state index contributed by atoms with van der Waals surface area (Å²) in [6, 6.07) is 3.11. The third-order valence-corrected chi connectivity index (χ3v) is 2.90. The van der Waals surface area contributed by atoms with Gasteiger partial charge in [-0.2, -0.15) is 5.26 Å². The minimum absolute atomic E-state index is 0.0440. The molecule has 2 saturated carbocycles. The molecule has 0 aliphatic heterocycles. The molecule has 0 aromatic carbocycles. The van der Waals surface area contributed by atoms with Crippen molar-refractivity contribution in [3.05, 3.63) is 0 Å². The van der Waals surface area contributed by atoms with E-state index in [0.717, 1.165) is 31.3 Å². The van der Waals surface area contributed by atoms with Gasteiger partial charge < -0.3 is 5.32 Å². The molecule has 0 amide bonds. The van der Waals surface area contributed by atoms with E-state index in [9.17, 15) is 0 Å². The molecule has 2 nitrogen and oxygen atoms in total. The standard InChI is InChI=1S/C9H14N2/c1-7-4-8(7)11-6-9(5-10)2-3-9/h7-8,11H,2-4,6H2,1H3. The summed E-state index contributed by atoms with van der Waals surface area (Å²) < 4.78 is 0. The first-order valence-corrected chi connectivity index (χ1v) is 4.40. The Morgan fingerprint density at radius 2 is 2.27 bits per heavy atom. The fraction of sp³-hybridized carbons (Fsp3) is 0.889. The van der Waals surface area contributed by atoms with Crippen molar-refractivity contribution in [2.75, 3.05) is 6.54 Å². The van der Waals surface area contributed by atoms with Gasteiger partial charge in [0.1, 0.15) is 0 Å². The van der Waals surface area contributed by atoms with Gasteiger partial charge in [-0.1, -0.05) is 6.92 Å². The van der Waals surface area contributed by atoms with E-state index in [-0.39, 0.29) is 5.41 Å². The Balaban J connectivity index is 1.71. The molecular weight excluding hydrogens is 136 g/mol. The number of rotatable bonds is 3. The second kappa shape index (κ2) is 2.22.